The van der Waals surface area contributed by atoms with E-state index in [9.17, 15) is 14.4 Å². The van der Waals surface area contributed by atoms with Crippen molar-refractivity contribution < 1.29 is 14.3 Å². The lowest BCUT2D eigenvalue weighted by Crippen LogP contribution is -2.49. The van der Waals surface area contributed by atoms with Crippen LogP contribution in [0.2, 0.25) is 0 Å². The molecule has 2 rings (SSSR count). The second kappa shape index (κ2) is 6.15. The van der Waals surface area contributed by atoms with Crippen LogP contribution in [0.4, 0.5) is 4.79 Å². The maximum atomic E-state index is 12.0. The number of nitrogens with zero attached hydrogens (tertiary/aromatic N) is 1. The van der Waals surface area contributed by atoms with Crippen molar-refractivity contribution >= 4 is 23.0 Å². The summed E-state index contributed by atoms with van der Waals surface area (Å²) in [4.78, 5) is 38.1. The maximum absolute atomic E-state index is 12.0. The summed E-state index contributed by atoms with van der Waals surface area (Å²) >= 11 is 0. The molecule has 2 aromatic rings. The molecule has 2 amide bonds. The van der Waals surface area contributed by atoms with E-state index in [0.717, 1.165) is 0 Å². The largest absolute Gasteiger partial charge is 0.444 e. The molecule has 8 nitrogen and oxygen atoms in total. The molecule has 8 heteroatoms. The number of carbonyl (C=O) groups excluding carboxylic acids is 2. The van der Waals surface area contributed by atoms with Gasteiger partial charge in [0.2, 0.25) is 5.91 Å². The van der Waals surface area contributed by atoms with Crippen LogP contribution in [0.25, 0.3) is 11.0 Å². The maximum Gasteiger partial charge on any atom is 0.408 e. The number of fused-ring (bicyclic) bond motifs is 1. The number of alkyl carbamates (subject to hydrolysis) is 1. The fraction of sp³-hybridized carbons (Fsp3) is 0.400. The van der Waals surface area contributed by atoms with E-state index in [0.29, 0.717) is 11.0 Å². The van der Waals surface area contributed by atoms with Crippen molar-refractivity contribution in [1.82, 2.24) is 14.9 Å². The second-order valence-corrected chi connectivity index (χ2v) is 6.16. The van der Waals surface area contributed by atoms with Gasteiger partial charge >= 0.3 is 11.8 Å². The lowest BCUT2D eigenvalue weighted by atomic mass is 10.2. The van der Waals surface area contributed by atoms with E-state index < -0.39 is 23.6 Å². The third-order valence-electron chi connectivity index (χ3n) is 3.08. The van der Waals surface area contributed by atoms with E-state index in [1.54, 1.807) is 45.0 Å². The number of hydrogen-bond donors (Lipinski definition) is 3. The molecule has 0 aliphatic carbocycles. The average Bonchev–Trinajstić information content (AvgIpc) is 2.72. The Morgan fingerprint density at radius 1 is 1.35 bits per heavy atom. The smallest absolute Gasteiger partial charge is 0.408 e. The molecule has 23 heavy (non-hydrogen) atoms. The summed E-state index contributed by atoms with van der Waals surface area (Å²) in [7, 11) is 0. The van der Waals surface area contributed by atoms with Crippen LogP contribution in [0.15, 0.2) is 29.1 Å². The van der Waals surface area contributed by atoms with Crippen LogP contribution < -0.4 is 16.7 Å². The monoisotopic (exact) mass is 320 g/mol. The molecule has 0 fully saturated rings. The number of primary amides is 1. The van der Waals surface area contributed by atoms with Crippen molar-refractivity contribution in [3.63, 3.8) is 0 Å². The Bertz CT molecular complexity index is 785. The van der Waals surface area contributed by atoms with Gasteiger partial charge in [0, 0.05) is 0 Å². The molecule has 1 aromatic carbocycles. The van der Waals surface area contributed by atoms with Crippen LogP contribution in [-0.2, 0) is 16.1 Å². The zero-order valence-corrected chi connectivity index (χ0v) is 13.3. The first kappa shape index (κ1) is 16.6. The van der Waals surface area contributed by atoms with Crippen molar-refractivity contribution in [3.8, 4) is 0 Å². The number of rotatable bonds is 4. The normalized spacial score (nSPS) is 12.8. The lowest BCUT2D eigenvalue weighted by molar-refractivity contribution is -0.120. The molecule has 1 heterocycles. The molecule has 4 N–H and O–H groups in total. The SMILES string of the molecule is CC(C)(C)OC(=O)N[C@@H](Cn1c(=O)[nH]c2ccccc21)C(N)=O. The fourth-order valence-electron chi connectivity index (χ4n) is 2.13. The molecular formula is C15H20N4O4. The minimum absolute atomic E-state index is 0.0859. The van der Waals surface area contributed by atoms with E-state index in [4.69, 9.17) is 10.5 Å². The van der Waals surface area contributed by atoms with Gasteiger partial charge in [-0.05, 0) is 32.9 Å². The highest BCUT2D eigenvalue weighted by Gasteiger charge is 2.24. The highest BCUT2D eigenvalue weighted by Crippen LogP contribution is 2.10. The van der Waals surface area contributed by atoms with Gasteiger partial charge in [0.05, 0.1) is 17.6 Å². The molecule has 1 aromatic heterocycles. The summed E-state index contributed by atoms with van der Waals surface area (Å²) in [6.07, 6.45) is -0.769. The number of nitrogens with two attached hydrogens (primary N) is 1. The number of imidazole rings is 1. The molecule has 124 valence electrons. The molecule has 1 atom stereocenters. The summed E-state index contributed by atoms with van der Waals surface area (Å²) in [5.74, 6) is -0.756. The highest BCUT2D eigenvalue weighted by molar-refractivity contribution is 5.84. The van der Waals surface area contributed by atoms with Gasteiger partial charge in [0.1, 0.15) is 11.6 Å². The first-order valence-corrected chi connectivity index (χ1v) is 7.14. The van der Waals surface area contributed by atoms with E-state index in [1.807, 2.05) is 0 Å². The predicted octanol–water partition coefficient (Wildman–Crippen LogP) is 0.708. The van der Waals surface area contributed by atoms with Crippen molar-refractivity contribution in [3.05, 3.63) is 34.7 Å². The first-order chi connectivity index (χ1) is 10.7. The minimum Gasteiger partial charge on any atom is -0.444 e. The molecule has 0 aliphatic rings. The summed E-state index contributed by atoms with van der Waals surface area (Å²) in [6, 6.07) is 5.97. The standard InChI is InChI=1S/C15H20N4O4/c1-15(2,3)23-14(22)18-10(12(16)20)8-19-11-7-5-4-6-9(11)17-13(19)21/h4-7,10H,8H2,1-3H3,(H2,16,20)(H,17,21)(H,18,22)/t10-/m0/s1. The summed E-state index contributed by atoms with van der Waals surface area (Å²) in [5.41, 5.74) is 5.49. The fourth-order valence-corrected chi connectivity index (χ4v) is 2.13. The number of amides is 2. The average molecular weight is 320 g/mol. The van der Waals surface area contributed by atoms with Crippen molar-refractivity contribution in [2.45, 2.75) is 39.0 Å². The van der Waals surface area contributed by atoms with Crippen molar-refractivity contribution in [2.75, 3.05) is 0 Å². The summed E-state index contributed by atoms with van der Waals surface area (Å²) < 4.78 is 6.45. The molecule has 0 bridgehead atoms. The van der Waals surface area contributed by atoms with Crippen LogP contribution in [0.3, 0.4) is 0 Å². The molecule has 0 aliphatic heterocycles. The van der Waals surface area contributed by atoms with Gasteiger partial charge in [-0.25, -0.2) is 9.59 Å². The Kier molecular flexibility index (Phi) is 4.44. The zero-order chi connectivity index (χ0) is 17.2. The predicted molar refractivity (Wildman–Crippen MR) is 84.9 cm³/mol. The Morgan fingerprint density at radius 3 is 2.61 bits per heavy atom. The third kappa shape index (κ3) is 4.12. The molecule has 0 spiro atoms. The first-order valence-electron chi connectivity index (χ1n) is 7.14. The van der Waals surface area contributed by atoms with Crippen LogP contribution in [0, 0.1) is 0 Å². The Hall–Kier alpha value is -2.77. The zero-order valence-electron chi connectivity index (χ0n) is 13.3. The van der Waals surface area contributed by atoms with E-state index in [1.165, 1.54) is 4.57 Å². The van der Waals surface area contributed by atoms with Gasteiger partial charge in [-0.2, -0.15) is 0 Å². The summed E-state index contributed by atoms with van der Waals surface area (Å²) in [6.45, 7) is 5.03. The number of para-hydroxylation sites is 2. The van der Waals surface area contributed by atoms with Gasteiger partial charge in [-0.3, -0.25) is 9.36 Å². The Morgan fingerprint density at radius 2 is 2.00 bits per heavy atom. The van der Waals surface area contributed by atoms with E-state index in [2.05, 4.69) is 10.3 Å². The Labute approximate surface area is 132 Å². The quantitative estimate of drug-likeness (QED) is 0.768. The van der Waals surface area contributed by atoms with Crippen LogP contribution in [-0.4, -0.2) is 33.2 Å². The van der Waals surface area contributed by atoms with E-state index in [-0.39, 0.29) is 12.2 Å². The summed E-state index contributed by atoms with van der Waals surface area (Å²) in [5, 5.41) is 2.39. The van der Waals surface area contributed by atoms with Gasteiger partial charge in [-0.15, -0.1) is 0 Å². The number of carbonyl (C=O) groups is 2. The molecular weight excluding hydrogens is 300 g/mol. The van der Waals surface area contributed by atoms with Crippen LogP contribution in [0.1, 0.15) is 20.8 Å². The van der Waals surface area contributed by atoms with Gasteiger partial charge in [0.25, 0.3) is 0 Å². The topological polar surface area (TPSA) is 119 Å². The van der Waals surface area contributed by atoms with Crippen molar-refractivity contribution in [1.29, 1.82) is 0 Å². The number of nitrogens with one attached hydrogen (secondary N) is 2. The highest BCUT2D eigenvalue weighted by atomic mass is 16.6. The minimum atomic E-state index is -1.07. The number of H-pyrrole nitrogens is 1. The van der Waals surface area contributed by atoms with Crippen LogP contribution >= 0.6 is 0 Å². The molecule has 0 saturated heterocycles. The Balaban J connectivity index is 2.22. The third-order valence-corrected chi connectivity index (χ3v) is 3.08. The van der Waals surface area contributed by atoms with Gasteiger partial charge in [0.15, 0.2) is 0 Å². The van der Waals surface area contributed by atoms with Gasteiger partial charge < -0.3 is 20.8 Å². The number of aromatic nitrogens is 2. The number of ether oxygens (including phenoxy) is 1. The van der Waals surface area contributed by atoms with E-state index >= 15 is 0 Å². The van der Waals surface area contributed by atoms with Crippen LogP contribution in [0.5, 0.6) is 0 Å². The number of hydrogen-bond acceptors (Lipinski definition) is 4. The van der Waals surface area contributed by atoms with Gasteiger partial charge in [-0.1, -0.05) is 12.1 Å². The molecule has 0 unspecified atom stereocenters. The molecule has 0 radical (unpaired) electrons. The molecule has 0 saturated carbocycles. The second-order valence-electron chi connectivity index (χ2n) is 6.16. The number of benzene rings is 1. The number of aromatic amines is 1. The lowest BCUT2D eigenvalue weighted by Gasteiger charge is -2.22. The van der Waals surface area contributed by atoms with Crippen molar-refractivity contribution in [2.24, 2.45) is 5.73 Å².